The normalized spacial score (nSPS) is 21.9. The molecule has 0 aromatic heterocycles. The van der Waals surface area contributed by atoms with Crippen LogP contribution in [0.1, 0.15) is 5.56 Å². The van der Waals surface area contributed by atoms with Gasteiger partial charge in [-0.1, -0.05) is 18.2 Å². The number of rotatable bonds is 2. The van der Waals surface area contributed by atoms with E-state index in [9.17, 15) is 22.8 Å². The largest absolute Gasteiger partial charge is 0.573 e. The number of carbonyl (C=O) groups excluding carboxylic acids is 2. The molecule has 0 bridgehead atoms. The van der Waals surface area contributed by atoms with Crippen LogP contribution in [0, 0.1) is 0 Å². The van der Waals surface area contributed by atoms with Gasteiger partial charge in [0.05, 0.1) is 5.75 Å². The molecule has 2 aromatic rings. The van der Waals surface area contributed by atoms with E-state index in [0.29, 0.717) is 16.9 Å². The lowest BCUT2D eigenvalue weighted by atomic mass is 10.0. The van der Waals surface area contributed by atoms with Gasteiger partial charge in [0.1, 0.15) is 5.75 Å². The lowest BCUT2D eigenvalue weighted by Gasteiger charge is -2.32. The molecular formula is C17H11F3N2O3S. The van der Waals surface area contributed by atoms with Gasteiger partial charge in [0.2, 0.25) is 10.8 Å². The van der Waals surface area contributed by atoms with Gasteiger partial charge < -0.3 is 10.1 Å². The highest BCUT2D eigenvalue weighted by Crippen LogP contribution is 2.53. The van der Waals surface area contributed by atoms with Gasteiger partial charge in [-0.3, -0.25) is 14.5 Å². The molecule has 1 saturated heterocycles. The first-order chi connectivity index (χ1) is 12.3. The van der Waals surface area contributed by atoms with Crippen molar-refractivity contribution in [2.24, 2.45) is 0 Å². The van der Waals surface area contributed by atoms with E-state index in [1.807, 2.05) is 0 Å². The van der Waals surface area contributed by atoms with Crippen LogP contribution >= 0.6 is 11.8 Å². The van der Waals surface area contributed by atoms with Crippen LogP contribution in [0.2, 0.25) is 0 Å². The molecule has 134 valence electrons. The highest BCUT2D eigenvalue weighted by molar-refractivity contribution is 8.02. The Morgan fingerprint density at radius 1 is 1.08 bits per heavy atom. The zero-order valence-corrected chi connectivity index (χ0v) is 13.9. The third-order valence-electron chi connectivity index (χ3n) is 4.15. The van der Waals surface area contributed by atoms with E-state index >= 15 is 0 Å². The standard InChI is InChI=1S/C17H11F3N2O3S/c18-17(19,20)25-11-7-5-10(6-8-11)22-14(23)9-26-16(22)12-3-1-2-4-13(12)21-15(16)24/h1-8H,9H2,(H,21,24)/t16-/m0/s1. The number of nitrogens with zero attached hydrogens (tertiary/aromatic N) is 1. The summed E-state index contributed by atoms with van der Waals surface area (Å²) in [7, 11) is 0. The van der Waals surface area contributed by atoms with Gasteiger partial charge in [-0.05, 0) is 30.3 Å². The fraction of sp³-hybridized carbons (Fsp3) is 0.176. The SMILES string of the molecule is O=C1CS[C@@]2(C(=O)Nc3ccccc32)N1c1ccc(OC(F)(F)F)cc1. The van der Waals surface area contributed by atoms with Crippen LogP contribution in [0.25, 0.3) is 0 Å². The third kappa shape index (κ3) is 2.50. The average Bonchev–Trinajstić information content (AvgIpc) is 3.06. The third-order valence-corrected chi connectivity index (χ3v) is 5.54. The molecule has 9 heteroatoms. The van der Waals surface area contributed by atoms with Crippen molar-refractivity contribution in [3.63, 3.8) is 0 Å². The molecule has 1 N–H and O–H groups in total. The smallest absolute Gasteiger partial charge is 0.406 e. The van der Waals surface area contributed by atoms with Crippen LogP contribution in [0.15, 0.2) is 48.5 Å². The van der Waals surface area contributed by atoms with Crippen molar-refractivity contribution in [1.82, 2.24) is 0 Å². The topological polar surface area (TPSA) is 58.6 Å². The van der Waals surface area contributed by atoms with Crippen LogP contribution in [0.4, 0.5) is 24.5 Å². The van der Waals surface area contributed by atoms with Gasteiger partial charge in [0.25, 0.3) is 5.91 Å². The van der Waals surface area contributed by atoms with Crippen LogP contribution in [0.3, 0.4) is 0 Å². The number of benzene rings is 2. The van der Waals surface area contributed by atoms with Crippen molar-refractivity contribution in [2.45, 2.75) is 11.2 Å². The Morgan fingerprint density at radius 3 is 2.46 bits per heavy atom. The van der Waals surface area contributed by atoms with Crippen LogP contribution in [-0.4, -0.2) is 23.9 Å². The summed E-state index contributed by atoms with van der Waals surface area (Å²) < 4.78 is 40.8. The number of halogens is 3. The minimum absolute atomic E-state index is 0.0859. The van der Waals surface area contributed by atoms with E-state index in [2.05, 4.69) is 10.1 Å². The molecule has 2 aliphatic heterocycles. The minimum atomic E-state index is -4.80. The fourth-order valence-corrected chi connectivity index (χ4v) is 4.49. The number of nitrogens with one attached hydrogen (secondary N) is 1. The second kappa shape index (κ2) is 5.66. The van der Waals surface area contributed by atoms with Gasteiger partial charge in [0.15, 0.2) is 0 Å². The summed E-state index contributed by atoms with van der Waals surface area (Å²) in [6, 6.07) is 11.9. The average molecular weight is 380 g/mol. The first-order valence-corrected chi connectivity index (χ1v) is 8.53. The summed E-state index contributed by atoms with van der Waals surface area (Å²) in [5, 5.41) is 2.77. The van der Waals surface area contributed by atoms with E-state index in [-0.39, 0.29) is 17.6 Å². The van der Waals surface area contributed by atoms with E-state index in [1.165, 1.54) is 28.8 Å². The summed E-state index contributed by atoms with van der Waals surface area (Å²) in [6.45, 7) is 0. The number of ether oxygens (including phenoxy) is 1. The molecule has 2 amide bonds. The molecular weight excluding hydrogens is 369 g/mol. The number of carbonyl (C=O) groups is 2. The maximum Gasteiger partial charge on any atom is 0.573 e. The molecule has 0 saturated carbocycles. The predicted octanol–water partition coefficient (Wildman–Crippen LogP) is 3.47. The molecule has 1 atom stereocenters. The molecule has 2 heterocycles. The number of para-hydroxylation sites is 1. The van der Waals surface area contributed by atoms with Crippen molar-refractivity contribution in [1.29, 1.82) is 0 Å². The maximum absolute atomic E-state index is 12.7. The molecule has 1 spiro atoms. The highest BCUT2D eigenvalue weighted by Gasteiger charge is 2.58. The molecule has 2 aliphatic rings. The summed E-state index contributed by atoms with van der Waals surface area (Å²) in [4.78, 5) is 25.3. The summed E-state index contributed by atoms with van der Waals surface area (Å²) >= 11 is 1.18. The number of thioether (sulfide) groups is 1. The molecule has 4 rings (SSSR count). The first kappa shape index (κ1) is 16.8. The second-order valence-electron chi connectivity index (χ2n) is 5.70. The molecule has 26 heavy (non-hydrogen) atoms. The summed E-state index contributed by atoms with van der Waals surface area (Å²) in [6.07, 6.45) is -4.80. The molecule has 5 nitrogen and oxygen atoms in total. The number of fused-ring (bicyclic) bond motifs is 2. The Balaban J connectivity index is 1.76. The van der Waals surface area contributed by atoms with Gasteiger partial charge in [-0.2, -0.15) is 0 Å². The van der Waals surface area contributed by atoms with Gasteiger partial charge in [0, 0.05) is 16.9 Å². The van der Waals surface area contributed by atoms with Crippen LogP contribution < -0.4 is 15.0 Å². The Morgan fingerprint density at radius 2 is 1.77 bits per heavy atom. The Kier molecular flexibility index (Phi) is 3.65. The minimum Gasteiger partial charge on any atom is -0.406 e. The van der Waals surface area contributed by atoms with E-state index in [1.54, 1.807) is 24.3 Å². The van der Waals surface area contributed by atoms with Crippen molar-refractivity contribution in [3.05, 3.63) is 54.1 Å². The van der Waals surface area contributed by atoms with Crippen molar-refractivity contribution < 1.29 is 27.5 Å². The highest BCUT2D eigenvalue weighted by atomic mass is 32.2. The molecule has 1 fully saturated rings. The fourth-order valence-electron chi connectivity index (χ4n) is 3.18. The zero-order chi connectivity index (χ0) is 18.5. The van der Waals surface area contributed by atoms with Gasteiger partial charge in [-0.15, -0.1) is 24.9 Å². The van der Waals surface area contributed by atoms with Crippen molar-refractivity contribution in [3.8, 4) is 5.75 Å². The number of alkyl halides is 3. The maximum atomic E-state index is 12.7. The second-order valence-corrected chi connectivity index (χ2v) is 6.87. The number of hydrogen-bond donors (Lipinski definition) is 1. The molecule has 0 aliphatic carbocycles. The van der Waals surface area contributed by atoms with E-state index < -0.39 is 17.0 Å². The lowest BCUT2D eigenvalue weighted by molar-refractivity contribution is -0.274. The summed E-state index contributed by atoms with van der Waals surface area (Å²) in [5.41, 5.74) is 1.58. The van der Waals surface area contributed by atoms with Crippen molar-refractivity contribution >= 4 is 35.0 Å². The quantitative estimate of drug-likeness (QED) is 0.867. The Bertz CT molecular complexity index is 901. The Labute approximate surface area is 150 Å². The van der Waals surface area contributed by atoms with E-state index in [0.717, 1.165) is 12.1 Å². The molecule has 0 unspecified atom stereocenters. The number of amides is 2. The van der Waals surface area contributed by atoms with Crippen molar-refractivity contribution in [2.75, 3.05) is 16.0 Å². The summed E-state index contributed by atoms with van der Waals surface area (Å²) in [5.74, 6) is -0.967. The van der Waals surface area contributed by atoms with Gasteiger partial charge in [-0.25, -0.2) is 0 Å². The van der Waals surface area contributed by atoms with Gasteiger partial charge >= 0.3 is 6.36 Å². The zero-order valence-electron chi connectivity index (χ0n) is 13.0. The van der Waals surface area contributed by atoms with Crippen LogP contribution in [0.5, 0.6) is 5.75 Å². The monoisotopic (exact) mass is 380 g/mol. The van der Waals surface area contributed by atoms with E-state index in [4.69, 9.17) is 0 Å². The first-order valence-electron chi connectivity index (χ1n) is 7.55. The predicted molar refractivity (Wildman–Crippen MR) is 89.8 cm³/mol. The number of anilines is 2. The number of hydrogen-bond acceptors (Lipinski definition) is 4. The van der Waals surface area contributed by atoms with Crippen LogP contribution in [-0.2, 0) is 14.5 Å². The molecule has 2 aromatic carbocycles. The lowest BCUT2D eigenvalue weighted by Crippen LogP contribution is -2.47. The molecule has 0 radical (unpaired) electrons. The Hall–Kier alpha value is -2.68.